The van der Waals surface area contributed by atoms with Crippen LogP contribution in [-0.2, 0) is 0 Å². The standard InChI is InChI=1S/C16H20N2O2/c1-4-8-20-13-7-5-6-12(9-13)14-10-15(19-3)11(2)18-16(14)17/h5-7,9-10H,4,8H2,1-3H3,(H2,17,18). The van der Waals surface area contributed by atoms with Gasteiger partial charge in [-0.2, -0.15) is 0 Å². The maximum absolute atomic E-state index is 6.02. The van der Waals surface area contributed by atoms with Gasteiger partial charge in [-0.3, -0.25) is 0 Å². The molecule has 0 bridgehead atoms. The second-order valence-corrected chi connectivity index (χ2v) is 4.59. The Balaban J connectivity index is 2.40. The number of aromatic nitrogens is 1. The lowest BCUT2D eigenvalue weighted by atomic mass is 10.1. The summed E-state index contributed by atoms with van der Waals surface area (Å²) in [5, 5.41) is 0. The van der Waals surface area contributed by atoms with Crippen molar-refractivity contribution in [2.45, 2.75) is 20.3 Å². The summed E-state index contributed by atoms with van der Waals surface area (Å²) in [7, 11) is 1.63. The highest BCUT2D eigenvalue weighted by atomic mass is 16.5. The lowest BCUT2D eigenvalue weighted by Gasteiger charge is -2.11. The second-order valence-electron chi connectivity index (χ2n) is 4.59. The molecule has 0 saturated carbocycles. The molecule has 0 radical (unpaired) electrons. The van der Waals surface area contributed by atoms with E-state index in [1.54, 1.807) is 7.11 Å². The van der Waals surface area contributed by atoms with Crippen molar-refractivity contribution in [2.75, 3.05) is 19.5 Å². The largest absolute Gasteiger partial charge is 0.495 e. The van der Waals surface area contributed by atoms with Gasteiger partial charge in [0.2, 0.25) is 0 Å². The monoisotopic (exact) mass is 272 g/mol. The van der Waals surface area contributed by atoms with Crippen LogP contribution in [0.5, 0.6) is 11.5 Å². The van der Waals surface area contributed by atoms with Crippen molar-refractivity contribution < 1.29 is 9.47 Å². The van der Waals surface area contributed by atoms with Crippen LogP contribution in [0.15, 0.2) is 30.3 Å². The fraction of sp³-hybridized carbons (Fsp3) is 0.312. The van der Waals surface area contributed by atoms with Crippen LogP contribution >= 0.6 is 0 Å². The topological polar surface area (TPSA) is 57.4 Å². The van der Waals surface area contributed by atoms with Gasteiger partial charge in [-0.1, -0.05) is 19.1 Å². The normalized spacial score (nSPS) is 10.3. The molecule has 0 aliphatic rings. The third kappa shape index (κ3) is 3.02. The summed E-state index contributed by atoms with van der Waals surface area (Å²) < 4.78 is 11.0. The van der Waals surface area contributed by atoms with E-state index in [0.717, 1.165) is 34.7 Å². The third-order valence-electron chi connectivity index (χ3n) is 3.03. The van der Waals surface area contributed by atoms with Crippen LogP contribution in [0.3, 0.4) is 0 Å². The minimum atomic E-state index is 0.496. The maximum atomic E-state index is 6.02. The molecule has 1 aromatic heterocycles. The van der Waals surface area contributed by atoms with Gasteiger partial charge in [-0.15, -0.1) is 0 Å². The van der Waals surface area contributed by atoms with E-state index in [-0.39, 0.29) is 0 Å². The van der Waals surface area contributed by atoms with Gasteiger partial charge in [-0.05, 0) is 37.1 Å². The fourth-order valence-corrected chi connectivity index (χ4v) is 2.02. The average molecular weight is 272 g/mol. The van der Waals surface area contributed by atoms with E-state index < -0.39 is 0 Å². The molecule has 2 aromatic rings. The van der Waals surface area contributed by atoms with Crippen molar-refractivity contribution in [3.05, 3.63) is 36.0 Å². The molecule has 2 N–H and O–H groups in total. The molecule has 0 unspecified atom stereocenters. The summed E-state index contributed by atoms with van der Waals surface area (Å²) in [6, 6.07) is 9.76. The Morgan fingerprint density at radius 2 is 2.05 bits per heavy atom. The van der Waals surface area contributed by atoms with Crippen LogP contribution in [0.2, 0.25) is 0 Å². The Hall–Kier alpha value is -2.23. The molecule has 0 aliphatic heterocycles. The lowest BCUT2D eigenvalue weighted by Crippen LogP contribution is -2.00. The highest BCUT2D eigenvalue weighted by molar-refractivity contribution is 5.76. The molecule has 20 heavy (non-hydrogen) atoms. The van der Waals surface area contributed by atoms with Crippen molar-refractivity contribution in [1.29, 1.82) is 0 Å². The molecular formula is C16H20N2O2. The average Bonchev–Trinajstić information content (AvgIpc) is 2.45. The molecule has 4 nitrogen and oxygen atoms in total. The first kappa shape index (κ1) is 14.2. The van der Waals surface area contributed by atoms with Gasteiger partial charge in [0, 0.05) is 5.56 Å². The van der Waals surface area contributed by atoms with Crippen LogP contribution in [0, 0.1) is 6.92 Å². The number of methoxy groups -OCH3 is 1. The first-order valence-corrected chi connectivity index (χ1v) is 6.70. The summed E-state index contributed by atoms with van der Waals surface area (Å²) in [4.78, 5) is 4.32. The maximum Gasteiger partial charge on any atom is 0.140 e. The van der Waals surface area contributed by atoms with Crippen molar-refractivity contribution in [2.24, 2.45) is 0 Å². The van der Waals surface area contributed by atoms with E-state index in [2.05, 4.69) is 11.9 Å². The van der Waals surface area contributed by atoms with E-state index in [1.807, 2.05) is 37.3 Å². The van der Waals surface area contributed by atoms with E-state index in [0.29, 0.717) is 12.4 Å². The first-order chi connectivity index (χ1) is 9.65. The van der Waals surface area contributed by atoms with Gasteiger partial charge in [0.15, 0.2) is 0 Å². The molecule has 1 aromatic carbocycles. The fourth-order valence-electron chi connectivity index (χ4n) is 2.02. The first-order valence-electron chi connectivity index (χ1n) is 6.70. The van der Waals surface area contributed by atoms with Gasteiger partial charge in [0.25, 0.3) is 0 Å². The number of nitrogens with zero attached hydrogens (tertiary/aromatic N) is 1. The molecule has 0 atom stereocenters. The van der Waals surface area contributed by atoms with Crippen molar-refractivity contribution in [3.8, 4) is 22.6 Å². The number of benzene rings is 1. The smallest absolute Gasteiger partial charge is 0.140 e. The van der Waals surface area contributed by atoms with Gasteiger partial charge >= 0.3 is 0 Å². The number of anilines is 1. The molecule has 0 spiro atoms. The predicted octanol–water partition coefficient (Wildman–Crippen LogP) is 3.44. The van der Waals surface area contributed by atoms with Crippen molar-refractivity contribution >= 4 is 5.82 Å². The molecule has 1 heterocycles. The number of ether oxygens (including phenoxy) is 2. The lowest BCUT2D eigenvalue weighted by molar-refractivity contribution is 0.317. The summed E-state index contributed by atoms with van der Waals surface area (Å²) >= 11 is 0. The molecule has 0 aliphatic carbocycles. The third-order valence-corrected chi connectivity index (χ3v) is 3.03. The van der Waals surface area contributed by atoms with Crippen LogP contribution < -0.4 is 15.2 Å². The Kier molecular flexibility index (Phi) is 4.45. The van der Waals surface area contributed by atoms with E-state index in [4.69, 9.17) is 15.2 Å². The zero-order chi connectivity index (χ0) is 14.5. The Labute approximate surface area is 119 Å². The van der Waals surface area contributed by atoms with Crippen LogP contribution in [-0.4, -0.2) is 18.7 Å². The Morgan fingerprint density at radius 3 is 2.75 bits per heavy atom. The molecular weight excluding hydrogens is 252 g/mol. The molecule has 106 valence electrons. The molecule has 0 saturated heterocycles. The number of nitrogen functional groups attached to an aromatic ring is 1. The SMILES string of the molecule is CCCOc1cccc(-c2cc(OC)c(C)nc2N)c1. The highest BCUT2D eigenvalue weighted by Crippen LogP contribution is 2.32. The van der Waals surface area contributed by atoms with Crippen LogP contribution in [0.1, 0.15) is 19.0 Å². The molecule has 2 rings (SSSR count). The minimum absolute atomic E-state index is 0.496. The Bertz CT molecular complexity index is 597. The summed E-state index contributed by atoms with van der Waals surface area (Å²) in [5.74, 6) is 2.06. The van der Waals surface area contributed by atoms with Gasteiger partial charge in [0.1, 0.15) is 17.3 Å². The van der Waals surface area contributed by atoms with Crippen molar-refractivity contribution in [3.63, 3.8) is 0 Å². The number of nitrogens with two attached hydrogens (primary N) is 1. The number of pyridine rings is 1. The zero-order valence-electron chi connectivity index (χ0n) is 12.1. The van der Waals surface area contributed by atoms with Crippen LogP contribution in [0.4, 0.5) is 5.82 Å². The van der Waals surface area contributed by atoms with Crippen LogP contribution in [0.25, 0.3) is 11.1 Å². The number of rotatable bonds is 5. The number of aryl methyl sites for hydroxylation is 1. The number of hydrogen-bond donors (Lipinski definition) is 1. The second kappa shape index (κ2) is 6.28. The molecule has 0 amide bonds. The molecule has 4 heteroatoms. The minimum Gasteiger partial charge on any atom is -0.495 e. The Morgan fingerprint density at radius 1 is 1.25 bits per heavy atom. The highest BCUT2D eigenvalue weighted by Gasteiger charge is 2.10. The summed E-state index contributed by atoms with van der Waals surface area (Å²) in [5.41, 5.74) is 8.63. The van der Waals surface area contributed by atoms with Gasteiger partial charge in [0.05, 0.1) is 19.4 Å². The molecule has 0 fully saturated rings. The van der Waals surface area contributed by atoms with E-state index >= 15 is 0 Å². The van der Waals surface area contributed by atoms with Gasteiger partial charge in [-0.25, -0.2) is 4.98 Å². The predicted molar refractivity (Wildman–Crippen MR) is 81.2 cm³/mol. The zero-order valence-corrected chi connectivity index (χ0v) is 12.1. The van der Waals surface area contributed by atoms with Gasteiger partial charge < -0.3 is 15.2 Å². The number of hydrogen-bond acceptors (Lipinski definition) is 4. The van der Waals surface area contributed by atoms with Crippen molar-refractivity contribution in [1.82, 2.24) is 4.98 Å². The summed E-state index contributed by atoms with van der Waals surface area (Å²) in [6.07, 6.45) is 0.978. The van der Waals surface area contributed by atoms with E-state index in [1.165, 1.54) is 0 Å². The van der Waals surface area contributed by atoms with E-state index in [9.17, 15) is 0 Å². The summed E-state index contributed by atoms with van der Waals surface area (Å²) in [6.45, 7) is 4.66. The quantitative estimate of drug-likeness (QED) is 0.905.